The van der Waals surface area contributed by atoms with Gasteiger partial charge in [0, 0.05) is 12.6 Å². The zero-order valence-corrected chi connectivity index (χ0v) is 17.0. The molecule has 0 radical (unpaired) electrons. The van der Waals surface area contributed by atoms with Crippen molar-refractivity contribution >= 4 is 29.9 Å². The molecular formula is C18H24F3IN4. The van der Waals surface area contributed by atoms with Crippen LogP contribution in [0.2, 0.25) is 0 Å². The highest BCUT2D eigenvalue weighted by molar-refractivity contribution is 14.0. The number of aliphatic imine (C=N–C) groups is 1. The molecule has 1 aromatic carbocycles. The Labute approximate surface area is 169 Å². The Morgan fingerprint density at radius 2 is 2.12 bits per heavy atom. The SMILES string of the molecule is CCNC(=NCc1cccc(C#N)c1)NC1CCCC(C(F)(F)F)C1.I. The number of nitrogens with one attached hydrogen (secondary N) is 2. The molecule has 0 aromatic heterocycles. The van der Waals surface area contributed by atoms with E-state index in [1.807, 2.05) is 13.0 Å². The number of hydrogen-bond acceptors (Lipinski definition) is 2. The maximum Gasteiger partial charge on any atom is 0.391 e. The van der Waals surface area contributed by atoms with E-state index in [1.165, 1.54) is 0 Å². The Morgan fingerprint density at radius 3 is 2.77 bits per heavy atom. The van der Waals surface area contributed by atoms with Crippen molar-refractivity contribution in [2.45, 2.75) is 51.4 Å². The topological polar surface area (TPSA) is 60.2 Å². The van der Waals surface area contributed by atoms with Gasteiger partial charge in [0.05, 0.1) is 24.1 Å². The lowest BCUT2D eigenvalue weighted by Crippen LogP contribution is -2.46. The maximum atomic E-state index is 12.9. The van der Waals surface area contributed by atoms with E-state index in [9.17, 15) is 13.2 Å². The van der Waals surface area contributed by atoms with E-state index >= 15 is 0 Å². The van der Waals surface area contributed by atoms with Gasteiger partial charge in [0.15, 0.2) is 5.96 Å². The summed E-state index contributed by atoms with van der Waals surface area (Å²) in [5.41, 5.74) is 1.44. The first-order valence-electron chi connectivity index (χ1n) is 8.53. The molecule has 1 saturated carbocycles. The predicted molar refractivity (Wildman–Crippen MR) is 106 cm³/mol. The van der Waals surface area contributed by atoms with Gasteiger partial charge in [-0.15, -0.1) is 24.0 Å². The van der Waals surface area contributed by atoms with E-state index in [-0.39, 0.29) is 42.9 Å². The number of hydrogen-bond donors (Lipinski definition) is 2. The summed E-state index contributed by atoms with van der Waals surface area (Å²) in [7, 11) is 0. The first-order valence-corrected chi connectivity index (χ1v) is 8.53. The molecule has 1 aliphatic carbocycles. The zero-order valence-electron chi connectivity index (χ0n) is 14.6. The summed E-state index contributed by atoms with van der Waals surface area (Å²) in [6.07, 6.45) is -2.58. The summed E-state index contributed by atoms with van der Waals surface area (Å²) >= 11 is 0. The standard InChI is InChI=1S/C18H23F3N4.HI/c1-2-23-17(24-12-14-6-3-5-13(9-14)11-22)25-16-8-4-7-15(10-16)18(19,20)21;/h3,5-6,9,15-16H,2,4,7-8,10,12H2,1H3,(H2,23,24,25);1H. The summed E-state index contributed by atoms with van der Waals surface area (Å²) < 4.78 is 38.8. The second kappa shape index (κ2) is 10.6. The van der Waals surface area contributed by atoms with E-state index in [0.717, 1.165) is 5.56 Å². The molecule has 26 heavy (non-hydrogen) atoms. The van der Waals surface area contributed by atoms with Crippen LogP contribution in [0.25, 0.3) is 0 Å². The minimum Gasteiger partial charge on any atom is -0.357 e. The second-order valence-corrected chi connectivity index (χ2v) is 6.25. The fourth-order valence-corrected chi connectivity index (χ4v) is 3.04. The lowest BCUT2D eigenvalue weighted by atomic mass is 9.85. The molecule has 2 N–H and O–H groups in total. The molecule has 1 fully saturated rings. The number of nitrogens with zero attached hydrogens (tertiary/aromatic N) is 2. The van der Waals surface area contributed by atoms with E-state index in [1.54, 1.807) is 18.2 Å². The molecule has 8 heteroatoms. The molecule has 4 nitrogen and oxygen atoms in total. The molecule has 0 aliphatic heterocycles. The van der Waals surface area contributed by atoms with Crippen LogP contribution in [0.15, 0.2) is 29.3 Å². The number of guanidine groups is 1. The third-order valence-corrected chi connectivity index (χ3v) is 4.30. The van der Waals surface area contributed by atoms with Gasteiger partial charge in [-0.1, -0.05) is 18.6 Å². The smallest absolute Gasteiger partial charge is 0.357 e. The van der Waals surface area contributed by atoms with Gasteiger partial charge in [0.25, 0.3) is 0 Å². The average Bonchev–Trinajstić information content (AvgIpc) is 2.59. The van der Waals surface area contributed by atoms with Gasteiger partial charge in [-0.25, -0.2) is 4.99 Å². The highest BCUT2D eigenvalue weighted by Gasteiger charge is 2.42. The van der Waals surface area contributed by atoms with Crippen LogP contribution in [0, 0.1) is 17.2 Å². The number of benzene rings is 1. The fourth-order valence-electron chi connectivity index (χ4n) is 3.04. The van der Waals surface area contributed by atoms with Crippen molar-refractivity contribution in [1.82, 2.24) is 10.6 Å². The van der Waals surface area contributed by atoms with E-state index in [2.05, 4.69) is 21.7 Å². The van der Waals surface area contributed by atoms with Crippen LogP contribution < -0.4 is 10.6 Å². The first kappa shape index (κ1) is 22.5. The van der Waals surface area contributed by atoms with Gasteiger partial charge < -0.3 is 10.6 Å². The Balaban J connectivity index is 0.00000338. The maximum absolute atomic E-state index is 12.9. The molecule has 144 valence electrons. The van der Waals surface area contributed by atoms with Gasteiger partial charge in [-0.05, 0) is 43.9 Å². The van der Waals surface area contributed by atoms with Crippen LogP contribution in [0.4, 0.5) is 13.2 Å². The first-order chi connectivity index (χ1) is 11.9. The van der Waals surface area contributed by atoms with Crippen LogP contribution >= 0.6 is 24.0 Å². The molecule has 0 spiro atoms. The third-order valence-electron chi connectivity index (χ3n) is 4.30. The second-order valence-electron chi connectivity index (χ2n) is 6.25. The average molecular weight is 480 g/mol. The van der Waals surface area contributed by atoms with Gasteiger partial charge in [0.1, 0.15) is 0 Å². The summed E-state index contributed by atoms with van der Waals surface area (Å²) in [5, 5.41) is 15.1. The van der Waals surface area contributed by atoms with Crippen molar-refractivity contribution in [3.8, 4) is 6.07 Å². The van der Waals surface area contributed by atoms with Crippen LogP contribution in [-0.4, -0.2) is 24.7 Å². The minimum absolute atomic E-state index is 0. The van der Waals surface area contributed by atoms with Crippen molar-refractivity contribution in [2.24, 2.45) is 10.9 Å². The highest BCUT2D eigenvalue weighted by Crippen LogP contribution is 2.37. The zero-order chi connectivity index (χ0) is 18.3. The summed E-state index contributed by atoms with van der Waals surface area (Å²) in [6, 6.07) is 8.98. The van der Waals surface area contributed by atoms with E-state index < -0.39 is 12.1 Å². The Morgan fingerprint density at radius 1 is 1.35 bits per heavy atom. The van der Waals surface area contributed by atoms with Gasteiger partial charge in [-0.2, -0.15) is 18.4 Å². The minimum atomic E-state index is -4.13. The summed E-state index contributed by atoms with van der Waals surface area (Å²) in [4.78, 5) is 4.44. The molecule has 0 saturated heterocycles. The lowest BCUT2D eigenvalue weighted by molar-refractivity contribution is -0.183. The number of alkyl halides is 3. The molecule has 0 bridgehead atoms. The molecular weight excluding hydrogens is 456 g/mol. The fraction of sp³-hybridized carbons (Fsp3) is 0.556. The van der Waals surface area contributed by atoms with Crippen LogP contribution in [0.1, 0.15) is 43.7 Å². The van der Waals surface area contributed by atoms with Gasteiger partial charge >= 0.3 is 6.18 Å². The summed E-state index contributed by atoms with van der Waals surface area (Å²) in [6.45, 7) is 2.90. The third kappa shape index (κ3) is 7.02. The van der Waals surface area contributed by atoms with Crippen molar-refractivity contribution in [3.05, 3.63) is 35.4 Å². The van der Waals surface area contributed by atoms with Crippen LogP contribution in [0.3, 0.4) is 0 Å². The number of halogens is 4. The molecule has 0 heterocycles. The summed E-state index contributed by atoms with van der Waals surface area (Å²) in [5.74, 6) is -0.730. The van der Waals surface area contributed by atoms with Crippen LogP contribution in [0.5, 0.6) is 0 Å². The van der Waals surface area contributed by atoms with Gasteiger partial charge in [0.2, 0.25) is 0 Å². The quantitative estimate of drug-likeness (QED) is 0.383. The Bertz CT molecular complexity index is 640. The van der Waals surface area contributed by atoms with Crippen molar-refractivity contribution < 1.29 is 13.2 Å². The molecule has 0 amide bonds. The Hall–Kier alpha value is -1.50. The van der Waals surface area contributed by atoms with E-state index in [0.29, 0.717) is 37.5 Å². The highest BCUT2D eigenvalue weighted by atomic mass is 127. The Kier molecular flexibility index (Phi) is 9.19. The van der Waals surface area contributed by atoms with Crippen LogP contribution in [-0.2, 0) is 6.54 Å². The van der Waals surface area contributed by atoms with Crippen molar-refractivity contribution in [3.63, 3.8) is 0 Å². The molecule has 2 unspecified atom stereocenters. The number of nitriles is 1. The molecule has 2 rings (SSSR count). The largest absolute Gasteiger partial charge is 0.391 e. The number of rotatable bonds is 4. The van der Waals surface area contributed by atoms with E-state index in [4.69, 9.17) is 5.26 Å². The molecule has 1 aliphatic rings. The van der Waals surface area contributed by atoms with Crippen molar-refractivity contribution in [2.75, 3.05) is 6.54 Å². The van der Waals surface area contributed by atoms with Gasteiger partial charge in [-0.3, -0.25) is 0 Å². The lowest BCUT2D eigenvalue weighted by Gasteiger charge is -2.31. The normalized spacial score (nSPS) is 20.7. The monoisotopic (exact) mass is 480 g/mol. The predicted octanol–water partition coefficient (Wildman–Crippen LogP) is 4.35. The van der Waals surface area contributed by atoms with Crippen molar-refractivity contribution in [1.29, 1.82) is 5.26 Å². The molecule has 1 aromatic rings. The molecule has 2 atom stereocenters.